The summed E-state index contributed by atoms with van der Waals surface area (Å²) in [7, 11) is 0. The van der Waals surface area contributed by atoms with Crippen molar-refractivity contribution >= 4 is 6.47 Å². The van der Waals surface area contributed by atoms with E-state index in [0.717, 1.165) is 11.3 Å². The number of rotatable bonds is 5. The van der Waals surface area contributed by atoms with Gasteiger partial charge in [-0.15, -0.1) is 0 Å². The minimum absolute atomic E-state index is 0.321. The second kappa shape index (κ2) is 5.25. The summed E-state index contributed by atoms with van der Waals surface area (Å²) in [5.74, 6) is -0.321. The lowest BCUT2D eigenvalue weighted by atomic mass is 10.1. The van der Waals surface area contributed by atoms with Crippen LogP contribution in [0.15, 0.2) is 36.8 Å². The molecule has 0 amide bonds. The van der Waals surface area contributed by atoms with E-state index in [-0.39, 0.29) is 5.82 Å². The molecule has 1 aromatic carbocycles. The minimum Gasteiger partial charge on any atom is -0.459 e. The second-order valence-electron chi connectivity index (χ2n) is 3.54. The summed E-state index contributed by atoms with van der Waals surface area (Å²) < 4.78 is 17.8. The third kappa shape index (κ3) is 2.90. The van der Waals surface area contributed by atoms with Gasteiger partial charge in [0.25, 0.3) is 6.47 Å². The molecule has 0 aliphatic carbocycles. The van der Waals surface area contributed by atoms with Gasteiger partial charge in [0.2, 0.25) is 0 Å². The third-order valence-corrected chi connectivity index (χ3v) is 2.41. The molecule has 0 radical (unpaired) electrons. The maximum absolute atomic E-state index is 12.8. The van der Waals surface area contributed by atoms with Gasteiger partial charge in [0, 0.05) is 12.6 Å². The normalized spacial score (nSPS) is 12.1. The van der Waals surface area contributed by atoms with E-state index in [9.17, 15) is 9.18 Å². The Morgan fingerprint density at radius 1 is 1.41 bits per heavy atom. The molecule has 1 N–H and O–H groups in total. The predicted molar refractivity (Wildman–Crippen MR) is 58.6 cm³/mol. The van der Waals surface area contributed by atoms with Crippen LogP contribution < -0.4 is 0 Å². The van der Waals surface area contributed by atoms with E-state index in [1.807, 2.05) is 0 Å². The Kier molecular flexibility index (Phi) is 3.49. The van der Waals surface area contributed by atoms with Gasteiger partial charge in [0.1, 0.15) is 11.9 Å². The molecule has 0 aliphatic heterocycles. The highest BCUT2D eigenvalue weighted by Gasteiger charge is 2.14. The van der Waals surface area contributed by atoms with E-state index in [0.29, 0.717) is 12.9 Å². The van der Waals surface area contributed by atoms with E-state index in [4.69, 9.17) is 4.74 Å². The highest BCUT2D eigenvalue weighted by atomic mass is 19.1. The van der Waals surface area contributed by atoms with Gasteiger partial charge in [0.15, 0.2) is 0 Å². The van der Waals surface area contributed by atoms with Gasteiger partial charge in [-0.2, -0.15) is 0 Å². The van der Waals surface area contributed by atoms with Crippen LogP contribution in [-0.2, 0) is 16.0 Å². The monoisotopic (exact) mass is 234 g/mol. The summed E-state index contributed by atoms with van der Waals surface area (Å²) in [6.45, 7) is 0.390. The van der Waals surface area contributed by atoms with Gasteiger partial charge in [-0.3, -0.25) is 4.79 Å². The van der Waals surface area contributed by atoms with E-state index in [2.05, 4.69) is 9.97 Å². The number of benzene rings is 1. The maximum atomic E-state index is 12.8. The molecule has 0 saturated carbocycles. The Hall–Kier alpha value is -2.17. The zero-order valence-electron chi connectivity index (χ0n) is 8.97. The topological polar surface area (TPSA) is 55.0 Å². The number of carbonyl (C=O) groups is 1. The summed E-state index contributed by atoms with van der Waals surface area (Å²) in [5.41, 5.74) is 1.52. The van der Waals surface area contributed by atoms with Crippen LogP contribution in [-0.4, -0.2) is 16.4 Å². The number of carbonyl (C=O) groups excluding carboxylic acids is 1. The van der Waals surface area contributed by atoms with Gasteiger partial charge >= 0.3 is 0 Å². The quantitative estimate of drug-likeness (QED) is 0.805. The number of H-pyrrole nitrogens is 1. The summed E-state index contributed by atoms with van der Waals surface area (Å²) in [4.78, 5) is 17.3. The lowest BCUT2D eigenvalue weighted by molar-refractivity contribution is -0.133. The Morgan fingerprint density at radius 2 is 2.18 bits per heavy atom. The summed E-state index contributed by atoms with van der Waals surface area (Å²) >= 11 is 0. The number of halogens is 1. The molecule has 0 saturated heterocycles. The molecule has 1 aromatic heterocycles. The number of aromatic amines is 1. The number of aromatic nitrogens is 2. The number of ether oxygens (including phenoxy) is 1. The van der Waals surface area contributed by atoms with Crippen molar-refractivity contribution in [1.29, 1.82) is 0 Å². The van der Waals surface area contributed by atoms with Crippen molar-refractivity contribution in [3.8, 4) is 0 Å². The molecule has 2 aromatic rings. The highest BCUT2D eigenvalue weighted by molar-refractivity contribution is 5.39. The smallest absolute Gasteiger partial charge is 0.293 e. The van der Waals surface area contributed by atoms with Crippen molar-refractivity contribution < 1.29 is 13.9 Å². The number of hydrogen-bond acceptors (Lipinski definition) is 3. The molecule has 4 nitrogen and oxygen atoms in total. The number of nitrogens with one attached hydrogen (secondary N) is 1. The average molecular weight is 234 g/mol. The standard InChI is InChI=1S/C12H11FN2O2/c13-10-3-1-9(2-4-10)12(17-8-16)5-11-6-14-7-15-11/h1-4,6-8,12H,5H2,(H,14,15). The first-order chi connectivity index (χ1) is 8.29. The Bertz CT molecular complexity index is 468. The van der Waals surface area contributed by atoms with Crippen LogP contribution in [0.5, 0.6) is 0 Å². The molecule has 1 heterocycles. The van der Waals surface area contributed by atoms with Crippen molar-refractivity contribution in [2.45, 2.75) is 12.5 Å². The molecule has 2 rings (SSSR count). The van der Waals surface area contributed by atoms with Crippen molar-refractivity contribution in [2.24, 2.45) is 0 Å². The maximum Gasteiger partial charge on any atom is 0.293 e. The largest absolute Gasteiger partial charge is 0.459 e. The molecular weight excluding hydrogens is 223 g/mol. The van der Waals surface area contributed by atoms with Crippen molar-refractivity contribution in [3.05, 3.63) is 53.9 Å². The zero-order chi connectivity index (χ0) is 12.1. The van der Waals surface area contributed by atoms with Gasteiger partial charge in [-0.05, 0) is 17.7 Å². The molecule has 0 aliphatic rings. The van der Waals surface area contributed by atoms with E-state index < -0.39 is 6.10 Å². The molecule has 88 valence electrons. The van der Waals surface area contributed by atoms with Crippen LogP contribution in [0.3, 0.4) is 0 Å². The number of nitrogens with zero attached hydrogens (tertiary/aromatic N) is 1. The fourth-order valence-corrected chi connectivity index (χ4v) is 1.58. The Labute approximate surface area is 97.5 Å². The SMILES string of the molecule is O=COC(Cc1c[nH]cn1)c1ccc(F)cc1. The van der Waals surface area contributed by atoms with Crippen LogP contribution in [0.1, 0.15) is 17.4 Å². The zero-order valence-corrected chi connectivity index (χ0v) is 8.97. The summed E-state index contributed by atoms with van der Waals surface area (Å²) in [5, 5.41) is 0. The average Bonchev–Trinajstić information content (AvgIpc) is 2.82. The van der Waals surface area contributed by atoms with Gasteiger partial charge < -0.3 is 9.72 Å². The summed E-state index contributed by atoms with van der Waals surface area (Å²) in [6, 6.07) is 5.86. The lowest BCUT2D eigenvalue weighted by Crippen LogP contribution is -2.07. The van der Waals surface area contributed by atoms with Crippen molar-refractivity contribution in [1.82, 2.24) is 9.97 Å². The highest BCUT2D eigenvalue weighted by Crippen LogP contribution is 2.21. The number of hydrogen-bond donors (Lipinski definition) is 1. The van der Waals surface area contributed by atoms with Gasteiger partial charge in [-0.25, -0.2) is 9.37 Å². The van der Waals surface area contributed by atoms with Crippen molar-refractivity contribution in [3.63, 3.8) is 0 Å². The molecule has 17 heavy (non-hydrogen) atoms. The van der Waals surface area contributed by atoms with E-state index in [1.165, 1.54) is 12.1 Å². The lowest BCUT2D eigenvalue weighted by Gasteiger charge is -2.14. The van der Waals surface area contributed by atoms with Crippen LogP contribution in [0, 0.1) is 5.82 Å². The van der Waals surface area contributed by atoms with Gasteiger partial charge in [-0.1, -0.05) is 12.1 Å². The Balaban J connectivity index is 2.16. The first-order valence-corrected chi connectivity index (χ1v) is 5.12. The predicted octanol–water partition coefficient (Wildman–Crippen LogP) is 2.01. The van der Waals surface area contributed by atoms with E-state index in [1.54, 1.807) is 24.7 Å². The molecule has 0 bridgehead atoms. The molecule has 0 fully saturated rings. The molecule has 1 unspecified atom stereocenters. The second-order valence-corrected chi connectivity index (χ2v) is 3.54. The fraction of sp³-hybridized carbons (Fsp3) is 0.167. The van der Waals surface area contributed by atoms with Crippen molar-refractivity contribution in [2.75, 3.05) is 0 Å². The fourth-order valence-electron chi connectivity index (χ4n) is 1.58. The van der Waals surface area contributed by atoms with E-state index >= 15 is 0 Å². The first-order valence-electron chi connectivity index (χ1n) is 5.12. The van der Waals surface area contributed by atoms with Gasteiger partial charge in [0.05, 0.1) is 12.0 Å². The molecule has 5 heteroatoms. The van der Waals surface area contributed by atoms with Crippen LogP contribution in [0.4, 0.5) is 4.39 Å². The van der Waals surface area contributed by atoms with Crippen LogP contribution in [0.25, 0.3) is 0 Å². The first kappa shape index (κ1) is 11.3. The summed E-state index contributed by atoms with van der Waals surface area (Å²) in [6.07, 6.45) is 3.28. The molecule has 1 atom stereocenters. The molecule has 0 spiro atoms. The Morgan fingerprint density at radius 3 is 2.76 bits per heavy atom. The minimum atomic E-state index is -0.448. The number of imidazole rings is 1. The van der Waals surface area contributed by atoms with Crippen LogP contribution >= 0.6 is 0 Å². The molecular formula is C12H11FN2O2. The third-order valence-electron chi connectivity index (χ3n) is 2.41. The van der Waals surface area contributed by atoms with Crippen LogP contribution in [0.2, 0.25) is 0 Å².